The Bertz CT molecular complexity index is 321. The average Bonchev–Trinajstić information content (AvgIpc) is 2.36. The zero-order valence-electron chi connectivity index (χ0n) is 11.4. The normalized spacial score (nSPS) is 11.5. The monoisotopic (exact) mass is 275 g/mol. The largest absolute Gasteiger partial charge is 0.479 e. The molecular formula is C11H21N3O5. The van der Waals surface area contributed by atoms with Crippen LogP contribution in [0.4, 0.5) is 4.79 Å². The second-order valence-electron chi connectivity index (χ2n) is 3.72. The third-order valence-electron chi connectivity index (χ3n) is 2.38. The fourth-order valence-electron chi connectivity index (χ4n) is 1.32. The van der Waals surface area contributed by atoms with E-state index in [1.165, 1.54) is 12.0 Å². The average molecular weight is 275 g/mol. The molecule has 0 spiro atoms. The minimum atomic E-state index is -1.16. The van der Waals surface area contributed by atoms with Crippen molar-refractivity contribution in [3.8, 4) is 0 Å². The summed E-state index contributed by atoms with van der Waals surface area (Å²) in [6.45, 7) is 4.11. The SMILES string of the molecule is CCNC(=O)CN(CC)C(=O)NCC(OC)C(=O)O. The van der Waals surface area contributed by atoms with Gasteiger partial charge < -0.3 is 25.4 Å². The Labute approximate surface area is 112 Å². The van der Waals surface area contributed by atoms with E-state index in [1.54, 1.807) is 13.8 Å². The molecule has 0 aliphatic heterocycles. The van der Waals surface area contributed by atoms with Crippen molar-refractivity contribution in [2.45, 2.75) is 20.0 Å². The molecule has 0 aliphatic rings. The minimum absolute atomic E-state index is 0.0686. The number of carbonyl (C=O) groups is 3. The lowest BCUT2D eigenvalue weighted by atomic mass is 10.3. The summed E-state index contributed by atoms with van der Waals surface area (Å²) in [4.78, 5) is 35.1. The quantitative estimate of drug-likeness (QED) is 0.540. The molecule has 19 heavy (non-hydrogen) atoms. The second-order valence-corrected chi connectivity index (χ2v) is 3.72. The Morgan fingerprint density at radius 1 is 1.26 bits per heavy atom. The van der Waals surface area contributed by atoms with E-state index >= 15 is 0 Å². The highest BCUT2D eigenvalue weighted by atomic mass is 16.5. The van der Waals surface area contributed by atoms with Crippen LogP contribution >= 0.6 is 0 Å². The van der Waals surface area contributed by atoms with E-state index in [0.717, 1.165) is 0 Å². The van der Waals surface area contributed by atoms with Crippen molar-refractivity contribution >= 4 is 17.9 Å². The highest BCUT2D eigenvalue weighted by molar-refractivity contribution is 5.84. The van der Waals surface area contributed by atoms with Crippen LogP contribution < -0.4 is 10.6 Å². The van der Waals surface area contributed by atoms with Crippen LogP contribution in [0.5, 0.6) is 0 Å². The van der Waals surface area contributed by atoms with E-state index in [2.05, 4.69) is 15.4 Å². The first kappa shape index (κ1) is 17.2. The summed E-state index contributed by atoms with van der Waals surface area (Å²) in [5, 5.41) is 13.7. The molecule has 8 heteroatoms. The number of nitrogens with zero attached hydrogens (tertiary/aromatic N) is 1. The number of methoxy groups -OCH3 is 1. The summed E-state index contributed by atoms with van der Waals surface area (Å²) in [7, 11) is 1.25. The molecule has 0 heterocycles. The third kappa shape index (κ3) is 6.61. The molecule has 0 aliphatic carbocycles. The predicted octanol–water partition coefficient (Wildman–Crippen LogP) is -0.746. The summed E-state index contributed by atoms with van der Waals surface area (Å²) >= 11 is 0. The van der Waals surface area contributed by atoms with E-state index < -0.39 is 18.1 Å². The molecule has 0 saturated heterocycles. The van der Waals surface area contributed by atoms with Crippen LogP contribution in [0.2, 0.25) is 0 Å². The van der Waals surface area contributed by atoms with Gasteiger partial charge in [0.15, 0.2) is 6.10 Å². The Morgan fingerprint density at radius 3 is 2.32 bits per heavy atom. The van der Waals surface area contributed by atoms with Crippen molar-refractivity contribution < 1.29 is 24.2 Å². The molecule has 1 atom stereocenters. The predicted molar refractivity (Wildman–Crippen MR) is 67.8 cm³/mol. The lowest BCUT2D eigenvalue weighted by Crippen LogP contribution is -2.48. The maximum atomic E-state index is 11.7. The highest BCUT2D eigenvalue weighted by Gasteiger charge is 2.20. The van der Waals surface area contributed by atoms with Crippen molar-refractivity contribution in [1.82, 2.24) is 15.5 Å². The summed E-state index contributed by atoms with van der Waals surface area (Å²) in [5.41, 5.74) is 0. The smallest absolute Gasteiger partial charge is 0.334 e. The number of aliphatic carboxylic acids is 1. The molecule has 8 nitrogen and oxygen atoms in total. The number of carboxylic acids is 1. The third-order valence-corrected chi connectivity index (χ3v) is 2.38. The summed E-state index contributed by atoms with van der Waals surface area (Å²) in [5.74, 6) is -1.42. The van der Waals surface area contributed by atoms with Gasteiger partial charge in [-0.15, -0.1) is 0 Å². The first-order chi connectivity index (χ1) is 8.96. The van der Waals surface area contributed by atoms with E-state index in [4.69, 9.17) is 5.11 Å². The molecule has 0 rings (SSSR count). The van der Waals surface area contributed by atoms with Crippen molar-refractivity contribution in [3.63, 3.8) is 0 Å². The van der Waals surface area contributed by atoms with Gasteiger partial charge in [-0.1, -0.05) is 0 Å². The molecular weight excluding hydrogens is 254 g/mol. The van der Waals surface area contributed by atoms with E-state index in [9.17, 15) is 14.4 Å². The van der Waals surface area contributed by atoms with E-state index in [-0.39, 0.29) is 19.0 Å². The number of amides is 3. The fourth-order valence-corrected chi connectivity index (χ4v) is 1.32. The van der Waals surface area contributed by atoms with Crippen molar-refractivity contribution in [3.05, 3.63) is 0 Å². The topological polar surface area (TPSA) is 108 Å². The van der Waals surface area contributed by atoms with Gasteiger partial charge in [0.05, 0.1) is 6.54 Å². The number of rotatable bonds is 8. The van der Waals surface area contributed by atoms with Crippen molar-refractivity contribution in [2.24, 2.45) is 0 Å². The van der Waals surface area contributed by atoms with E-state index in [0.29, 0.717) is 13.1 Å². The number of hydrogen-bond donors (Lipinski definition) is 3. The number of carbonyl (C=O) groups excluding carboxylic acids is 2. The second kappa shape index (κ2) is 9.15. The number of nitrogens with one attached hydrogen (secondary N) is 2. The number of likely N-dealkylation sites (N-methyl/N-ethyl adjacent to an activating group) is 2. The molecule has 0 fully saturated rings. The van der Waals surface area contributed by atoms with Gasteiger partial charge in [-0.25, -0.2) is 9.59 Å². The van der Waals surface area contributed by atoms with Crippen molar-refractivity contribution in [2.75, 3.05) is 33.3 Å². The first-order valence-electron chi connectivity index (χ1n) is 6.01. The van der Waals surface area contributed by atoms with Gasteiger partial charge in [0.2, 0.25) is 5.91 Å². The van der Waals surface area contributed by atoms with E-state index in [1.807, 2.05) is 0 Å². The zero-order chi connectivity index (χ0) is 14.8. The van der Waals surface area contributed by atoms with Gasteiger partial charge in [-0.05, 0) is 13.8 Å². The summed E-state index contributed by atoms with van der Waals surface area (Å²) < 4.78 is 4.68. The molecule has 0 radical (unpaired) electrons. The maximum Gasteiger partial charge on any atom is 0.334 e. The van der Waals surface area contributed by atoms with Crippen LogP contribution in [0.1, 0.15) is 13.8 Å². The number of carboxylic acid groups (broad SMARTS) is 1. The molecule has 0 aromatic rings. The summed E-state index contributed by atoms with van der Waals surface area (Å²) in [6.07, 6.45) is -1.10. The van der Waals surface area contributed by atoms with Crippen LogP contribution in [-0.2, 0) is 14.3 Å². The lowest BCUT2D eigenvalue weighted by Gasteiger charge is -2.21. The standard InChI is InChI=1S/C11H21N3O5/c1-4-12-9(15)7-14(5-2)11(18)13-6-8(19-3)10(16)17/h8H,4-7H2,1-3H3,(H,12,15)(H,13,18)(H,16,17). The molecule has 0 aromatic heterocycles. The van der Waals surface area contributed by atoms with Gasteiger partial charge in [0, 0.05) is 20.2 Å². The zero-order valence-corrected chi connectivity index (χ0v) is 11.4. The summed E-state index contributed by atoms with van der Waals surface area (Å²) in [6, 6.07) is -0.503. The van der Waals surface area contributed by atoms with Crippen LogP contribution in [-0.4, -0.2) is 67.3 Å². The highest BCUT2D eigenvalue weighted by Crippen LogP contribution is 1.92. The molecule has 1 unspecified atom stereocenters. The van der Waals surface area contributed by atoms with Gasteiger partial charge in [0.25, 0.3) is 0 Å². The number of hydrogen-bond acceptors (Lipinski definition) is 4. The maximum absolute atomic E-state index is 11.7. The number of ether oxygens (including phenoxy) is 1. The van der Waals surface area contributed by atoms with Gasteiger partial charge in [-0.3, -0.25) is 4.79 Å². The molecule has 110 valence electrons. The van der Waals surface area contributed by atoms with Gasteiger partial charge in [0.1, 0.15) is 6.54 Å². The minimum Gasteiger partial charge on any atom is -0.479 e. The van der Waals surface area contributed by atoms with Crippen molar-refractivity contribution in [1.29, 1.82) is 0 Å². The van der Waals surface area contributed by atoms with Crippen LogP contribution in [0, 0.1) is 0 Å². The Hall–Kier alpha value is -1.83. The molecule has 3 amide bonds. The Kier molecular flexibility index (Phi) is 8.27. The fraction of sp³-hybridized carbons (Fsp3) is 0.727. The molecule has 3 N–H and O–H groups in total. The van der Waals surface area contributed by atoms with Crippen LogP contribution in [0.3, 0.4) is 0 Å². The van der Waals surface area contributed by atoms with Gasteiger partial charge in [-0.2, -0.15) is 0 Å². The first-order valence-corrected chi connectivity index (χ1v) is 6.01. The van der Waals surface area contributed by atoms with Gasteiger partial charge >= 0.3 is 12.0 Å². The number of urea groups is 1. The van der Waals surface area contributed by atoms with Crippen LogP contribution in [0.25, 0.3) is 0 Å². The Balaban J connectivity index is 4.28. The molecule has 0 saturated carbocycles. The molecule has 0 aromatic carbocycles. The Morgan fingerprint density at radius 2 is 1.89 bits per heavy atom. The molecule has 0 bridgehead atoms. The lowest BCUT2D eigenvalue weighted by molar-refractivity contribution is -0.148. The van der Waals surface area contributed by atoms with Crippen LogP contribution in [0.15, 0.2) is 0 Å².